The van der Waals surface area contributed by atoms with E-state index in [1.54, 1.807) is 14.1 Å². The minimum Gasteiger partial charge on any atom is -0.343 e. The van der Waals surface area contributed by atoms with Gasteiger partial charge in [-0.05, 0) is 26.0 Å². The van der Waals surface area contributed by atoms with E-state index in [2.05, 4.69) is 5.32 Å². The Kier molecular flexibility index (Phi) is 7.94. The van der Waals surface area contributed by atoms with E-state index in [1.165, 1.54) is 23.1 Å². The molecule has 1 fully saturated rings. The average Bonchev–Trinajstić information content (AvgIpc) is 3.09. The fourth-order valence-corrected chi connectivity index (χ4v) is 4.50. The van der Waals surface area contributed by atoms with Gasteiger partial charge in [-0.2, -0.15) is 4.31 Å². The summed E-state index contributed by atoms with van der Waals surface area (Å²) in [5.74, 6) is -0.262. The topological polar surface area (TPSA) is 113 Å². The number of benzene rings is 1. The number of hydrogen-bond donors (Lipinski definition) is 1. The van der Waals surface area contributed by atoms with Crippen molar-refractivity contribution in [3.63, 3.8) is 0 Å². The lowest BCUT2D eigenvalue weighted by Crippen LogP contribution is -2.47. The van der Waals surface area contributed by atoms with Crippen molar-refractivity contribution in [2.24, 2.45) is 0 Å². The van der Waals surface area contributed by atoms with Gasteiger partial charge in [0.25, 0.3) is 5.69 Å². The van der Waals surface area contributed by atoms with Crippen molar-refractivity contribution in [3.05, 3.63) is 34.4 Å². The quantitative estimate of drug-likeness (QED) is 0.530. The van der Waals surface area contributed by atoms with Gasteiger partial charge in [-0.3, -0.25) is 14.9 Å². The summed E-state index contributed by atoms with van der Waals surface area (Å²) in [7, 11) is -0.571. The average molecular weight is 407 g/mol. The Morgan fingerprint density at radius 3 is 2.77 bits per heavy atom. The minimum absolute atomic E-state index is 0. The first-order valence-electron chi connectivity index (χ1n) is 7.95. The largest absolute Gasteiger partial charge is 0.343 e. The molecule has 1 saturated heterocycles. The van der Waals surface area contributed by atoms with Crippen molar-refractivity contribution in [2.45, 2.75) is 23.8 Å². The van der Waals surface area contributed by atoms with Crippen molar-refractivity contribution in [1.82, 2.24) is 14.5 Å². The van der Waals surface area contributed by atoms with Gasteiger partial charge in [-0.1, -0.05) is 6.07 Å². The molecule has 1 unspecified atom stereocenters. The number of non-ortho nitro benzene ring substituents is 1. The van der Waals surface area contributed by atoms with Crippen LogP contribution in [0.2, 0.25) is 0 Å². The van der Waals surface area contributed by atoms with Crippen LogP contribution in [0.1, 0.15) is 12.8 Å². The maximum atomic E-state index is 12.9. The fraction of sp³-hybridized carbons (Fsp3) is 0.533. The lowest BCUT2D eigenvalue weighted by molar-refractivity contribution is -0.385. The molecule has 0 saturated carbocycles. The predicted octanol–water partition coefficient (Wildman–Crippen LogP) is 0.848. The molecule has 1 heterocycles. The van der Waals surface area contributed by atoms with Crippen LogP contribution in [0.4, 0.5) is 5.69 Å². The van der Waals surface area contributed by atoms with Gasteiger partial charge in [-0.15, -0.1) is 12.4 Å². The van der Waals surface area contributed by atoms with Crippen LogP contribution in [0.5, 0.6) is 0 Å². The molecule has 146 valence electrons. The van der Waals surface area contributed by atoms with E-state index in [9.17, 15) is 23.3 Å². The molecule has 1 aliphatic rings. The Morgan fingerprint density at radius 1 is 1.46 bits per heavy atom. The molecular formula is C15H23ClN4O5S. The molecule has 2 rings (SSSR count). The summed E-state index contributed by atoms with van der Waals surface area (Å²) in [6.07, 6.45) is 1.02. The molecule has 11 heteroatoms. The van der Waals surface area contributed by atoms with Crippen LogP contribution in [0.25, 0.3) is 0 Å². The van der Waals surface area contributed by atoms with E-state index in [1.807, 2.05) is 0 Å². The molecule has 1 N–H and O–H groups in total. The molecule has 1 atom stereocenters. The standard InChI is InChI=1S/C15H22N4O5S.ClH/c1-16-8-10-17(2)15(20)14-7-4-9-18(14)25(23,24)13-6-3-5-12(11-13)19(21)22;/h3,5-6,11,14,16H,4,7-10H2,1-2H3;1H. The van der Waals surface area contributed by atoms with Gasteiger partial charge in [0.2, 0.25) is 15.9 Å². The number of nitro benzene ring substituents is 1. The maximum Gasteiger partial charge on any atom is 0.270 e. The number of nitrogens with zero attached hydrogens (tertiary/aromatic N) is 3. The van der Waals surface area contributed by atoms with Gasteiger partial charge in [-0.25, -0.2) is 8.42 Å². The summed E-state index contributed by atoms with van der Waals surface area (Å²) >= 11 is 0. The highest BCUT2D eigenvalue weighted by Crippen LogP contribution is 2.28. The first-order valence-corrected chi connectivity index (χ1v) is 9.39. The zero-order valence-electron chi connectivity index (χ0n) is 14.6. The summed E-state index contributed by atoms with van der Waals surface area (Å²) in [5.41, 5.74) is -0.297. The lowest BCUT2D eigenvalue weighted by Gasteiger charge is -2.27. The zero-order chi connectivity index (χ0) is 18.6. The number of halogens is 1. The monoisotopic (exact) mass is 406 g/mol. The van der Waals surface area contributed by atoms with Crippen LogP contribution in [0.3, 0.4) is 0 Å². The molecule has 0 aliphatic carbocycles. The molecule has 0 radical (unpaired) electrons. The summed E-state index contributed by atoms with van der Waals surface area (Å²) in [6, 6.07) is 4.13. The van der Waals surface area contributed by atoms with E-state index in [0.717, 1.165) is 10.4 Å². The van der Waals surface area contributed by atoms with Gasteiger partial charge in [0, 0.05) is 38.8 Å². The molecule has 0 aromatic heterocycles. The Morgan fingerprint density at radius 2 is 2.15 bits per heavy atom. The highest BCUT2D eigenvalue weighted by Gasteiger charge is 2.40. The van der Waals surface area contributed by atoms with Crippen LogP contribution in [0.15, 0.2) is 29.2 Å². The Labute approximate surface area is 159 Å². The highest BCUT2D eigenvalue weighted by atomic mass is 35.5. The van der Waals surface area contributed by atoms with E-state index in [4.69, 9.17) is 0 Å². The van der Waals surface area contributed by atoms with E-state index in [0.29, 0.717) is 25.9 Å². The molecule has 1 aliphatic heterocycles. The summed E-state index contributed by atoms with van der Waals surface area (Å²) in [5, 5.41) is 13.8. The molecule has 0 bridgehead atoms. The third kappa shape index (κ3) is 4.70. The highest BCUT2D eigenvalue weighted by molar-refractivity contribution is 7.89. The number of amides is 1. The van der Waals surface area contributed by atoms with E-state index in [-0.39, 0.29) is 35.4 Å². The predicted molar refractivity (Wildman–Crippen MR) is 98.8 cm³/mol. The van der Waals surface area contributed by atoms with Gasteiger partial charge in [0.15, 0.2) is 0 Å². The second kappa shape index (κ2) is 9.26. The van der Waals surface area contributed by atoms with Crippen molar-refractivity contribution in [3.8, 4) is 0 Å². The number of hydrogen-bond acceptors (Lipinski definition) is 6. The normalized spacial score (nSPS) is 17.5. The van der Waals surface area contributed by atoms with Crippen LogP contribution in [0, 0.1) is 10.1 Å². The van der Waals surface area contributed by atoms with Crippen LogP contribution in [-0.4, -0.2) is 68.2 Å². The molecule has 0 spiro atoms. The third-order valence-electron chi connectivity index (χ3n) is 4.20. The summed E-state index contributed by atoms with van der Waals surface area (Å²) < 4.78 is 26.9. The Balaban J connectivity index is 0.00000338. The number of carbonyl (C=O) groups is 1. The lowest BCUT2D eigenvalue weighted by atomic mass is 10.2. The fourth-order valence-electron chi connectivity index (χ4n) is 2.81. The van der Waals surface area contributed by atoms with Crippen molar-refractivity contribution >= 4 is 34.0 Å². The Bertz CT molecular complexity index is 758. The smallest absolute Gasteiger partial charge is 0.270 e. The van der Waals surface area contributed by atoms with Gasteiger partial charge in [0.1, 0.15) is 6.04 Å². The first kappa shape index (κ1) is 22.3. The number of sulfonamides is 1. The third-order valence-corrected chi connectivity index (χ3v) is 6.10. The van der Waals surface area contributed by atoms with Crippen LogP contribution < -0.4 is 5.32 Å². The van der Waals surface area contributed by atoms with Gasteiger partial charge >= 0.3 is 0 Å². The van der Waals surface area contributed by atoms with Crippen LogP contribution in [-0.2, 0) is 14.8 Å². The number of nitro groups is 1. The summed E-state index contributed by atoms with van der Waals surface area (Å²) in [4.78, 5) is 24.2. The number of carbonyl (C=O) groups excluding carboxylic acids is 1. The second-order valence-corrected chi connectivity index (χ2v) is 7.78. The van der Waals surface area contributed by atoms with E-state index >= 15 is 0 Å². The van der Waals surface area contributed by atoms with E-state index < -0.39 is 21.0 Å². The molecular weight excluding hydrogens is 384 g/mol. The van der Waals surface area contributed by atoms with Crippen LogP contribution >= 0.6 is 12.4 Å². The van der Waals surface area contributed by atoms with Gasteiger partial charge < -0.3 is 10.2 Å². The first-order chi connectivity index (χ1) is 11.8. The van der Waals surface area contributed by atoms with Crippen molar-refractivity contribution in [1.29, 1.82) is 0 Å². The SMILES string of the molecule is CNCCN(C)C(=O)C1CCCN1S(=O)(=O)c1cccc([N+](=O)[O-])c1.Cl. The number of rotatable bonds is 7. The molecule has 1 amide bonds. The van der Waals surface area contributed by atoms with Crippen molar-refractivity contribution < 1.29 is 18.1 Å². The molecule has 1 aromatic rings. The maximum absolute atomic E-state index is 12.9. The molecule has 9 nitrogen and oxygen atoms in total. The number of nitrogens with one attached hydrogen (secondary N) is 1. The zero-order valence-corrected chi connectivity index (χ0v) is 16.3. The second-order valence-electron chi connectivity index (χ2n) is 5.89. The van der Waals surface area contributed by atoms with Crippen molar-refractivity contribution in [2.75, 3.05) is 33.7 Å². The summed E-state index contributed by atoms with van der Waals surface area (Å²) in [6.45, 7) is 1.30. The molecule has 1 aromatic carbocycles. The Hall–Kier alpha value is -1.75. The minimum atomic E-state index is -3.98. The molecule has 26 heavy (non-hydrogen) atoms. The van der Waals surface area contributed by atoms with Gasteiger partial charge in [0.05, 0.1) is 9.82 Å². The number of likely N-dealkylation sites (N-methyl/N-ethyl adjacent to an activating group) is 2.